The van der Waals surface area contributed by atoms with Crippen molar-refractivity contribution in [2.75, 3.05) is 22.3 Å². The van der Waals surface area contributed by atoms with Gasteiger partial charge in [-0.1, -0.05) is 0 Å². The number of nitrogens with one attached hydrogen (secondary N) is 3. The Morgan fingerprint density at radius 3 is 2.43 bits per heavy atom. The van der Waals surface area contributed by atoms with Gasteiger partial charge in [0, 0.05) is 11.4 Å². The Hall–Kier alpha value is -1.60. The molecule has 0 radical (unpaired) electrons. The number of sulfonamides is 1. The van der Waals surface area contributed by atoms with Crippen LogP contribution in [0.3, 0.4) is 0 Å². The molecule has 0 saturated carbocycles. The molecule has 1 unspecified atom stereocenters. The lowest BCUT2D eigenvalue weighted by atomic mass is 9.99. The molecule has 1 aromatic carbocycles. The molecule has 7 heteroatoms. The lowest BCUT2D eigenvalue weighted by Crippen LogP contribution is -2.47. The van der Waals surface area contributed by atoms with E-state index in [2.05, 4.69) is 15.4 Å². The molecule has 21 heavy (non-hydrogen) atoms. The second-order valence-corrected chi connectivity index (χ2v) is 7.41. The maximum Gasteiger partial charge on any atom is 0.244 e. The van der Waals surface area contributed by atoms with Crippen LogP contribution in [0.4, 0.5) is 11.4 Å². The standard InChI is InChI=1S/C14H21N3O3S/c1-3-21(19,20)17-12-7-5-11(6-8-12)16-13(18)14(2)9-4-10-15-14/h5-8,15,17H,3-4,9-10H2,1-2H3,(H,16,18). The Morgan fingerprint density at radius 2 is 1.90 bits per heavy atom. The lowest BCUT2D eigenvalue weighted by Gasteiger charge is -2.23. The minimum Gasteiger partial charge on any atom is -0.324 e. The van der Waals surface area contributed by atoms with Crippen LogP contribution in [-0.4, -0.2) is 32.2 Å². The van der Waals surface area contributed by atoms with Crippen molar-refractivity contribution >= 4 is 27.3 Å². The predicted octanol–water partition coefficient (Wildman–Crippen LogP) is 1.53. The van der Waals surface area contributed by atoms with Gasteiger partial charge in [0.25, 0.3) is 0 Å². The molecule has 0 aliphatic carbocycles. The summed E-state index contributed by atoms with van der Waals surface area (Å²) in [7, 11) is -3.28. The minimum atomic E-state index is -3.28. The second kappa shape index (κ2) is 6.03. The fraction of sp³-hybridized carbons (Fsp3) is 0.500. The van der Waals surface area contributed by atoms with Crippen molar-refractivity contribution in [3.63, 3.8) is 0 Å². The third kappa shape index (κ3) is 3.95. The van der Waals surface area contributed by atoms with Gasteiger partial charge in [-0.05, 0) is 57.5 Å². The summed E-state index contributed by atoms with van der Waals surface area (Å²) in [5.41, 5.74) is 0.608. The van der Waals surface area contributed by atoms with Gasteiger partial charge in [0.05, 0.1) is 11.3 Å². The van der Waals surface area contributed by atoms with Gasteiger partial charge in [-0.25, -0.2) is 8.42 Å². The zero-order valence-electron chi connectivity index (χ0n) is 12.3. The number of hydrogen-bond donors (Lipinski definition) is 3. The molecule has 1 aliphatic rings. The van der Waals surface area contributed by atoms with Gasteiger partial charge < -0.3 is 10.6 Å². The molecular formula is C14H21N3O3S. The summed E-state index contributed by atoms with van der Waals surface area (Å²) in [6, 6.07) is 6.63. The molecule has 1 atom stereocenters. The average Bonchev–Trinajstić information content (AvgIpc) is 2.89. The zero-order valence-corrected chi connectivity index (χ0v) is 13.1. The number of carbonyl (C=O) groups excluding carboxylic acids is 1. The zero-order chi connectivity index (χ0) is 15.5. The van der Waals surface area contributed by atoms with Crippen LogP contribution in [0.25, 0.3) is 0 Å². The van der Waals surface area contributed by atoms with Crippen molar-refractivity contribution < 1.29 is 13.2 Å². The Morgan fingerprint density at radius 1 is 1.29 bits per heavy atom. The topological polar surface area (TPSA) is 87.3 Å². The highest BCUT2D eigenvalue weighted by atomic mass is 32.2. The van der Waals surface area contributed by atoms with Crippen LogP contribution in [-0.2, 0) is 14.8 Å². The summed E-state index contributed by atoms with van der Waals surface area (Å²) in [6.07, 6.45) is 1.80. The first kappa shape index (κ1) is 15.8. The van der Waals surface area contributed by atoms with Crippen LogP contribution in [0.1, 0.15) is 26.7 Å². The van der Waals surface area contributed by atoms with E-state index in [1.54, 1.807) is 31.2 Å². The van der Waals surface area contributed by atoms with Gasteiger partial charge in [-0.3, -0.25) is 9.52 Å². The molecule has 1 heterocycles. The number of carbonyl (C=O) groups is 1. The van der Waals surface area contributed by atoms with Crippen molar-refractivity contribution in [3.05, 3.63) is 24.3 Å². The van der Waals surface area contributed by atoms with E-state index >= 15 is 0 Å². The van der Waals surface area contributed by atoms with E-state index in [4.69, 9.17) is 0 Å². The van der Waals surface area contributed by atoms with Crippen LogP contribution < -0.4 is 15.4 Å². The summed E-state index contributed by atoms with van der Waals surface area (Å²) in [5, 5.41) is 6.05. The van der Waals surface area contributed by atoms with Gasteiger partial charge in [-0.15, -0.1) is 0 Å². The van der Waals surface area contributed by atoms with Crippen molar-refractivity contribution in [1.82, 2.24) is 5.32 Å². The van der Waals surface area contributed by atoms with E-state index in [0.717, 1.165) is 19.4 Å². The van der Waals surface area contributed by atoms with Crippen LogP contribution in [0.2, 0.25) is 0 Å². The van der Waals surface area contributed by atoms with Gasteiger partial charge in [-0.2, -0.15) is 0 Å². The Bertz CT molecular complexity index is 605. The molecule has 116 valence electrons. The van der Waals surface area contributed by atoms with E-state index in [9.17, 15) is 13.2 Å². The highest BCUT2D eigenvalue weighted by Crippen LogP contribution is 2.21. The van der Waals surface area contributed by atoms with E-state index in [-0.39, 0.29) is 11.7 Å². The summed E-state index contributed by atoms with van der Waals surface area (Å²) >= 11 is 0. The third-order valence-electron chi connectivity index (χ3n) is 3.67. The highest BCUT2D eigenvalue weighted by Gasteiger charge is 2.35. The Balaban J connectivity index is 2.01. The van der Waals surface area contributed by atoms with Gasteiger partial charge in [0.1, 0.15) is 0 Å². The number of amides is 1. The highest BCUT2D eigenvalue weighted by molar-refractivity contribution is 7.92. The van der Waals surface area contributed by atoms with Crippen molar-refractivity contribution in [3.8, 4) is 0 Å². The lowest BCUT2D eigenvalue weighted by molar-refractivity contribution is -0.121. The first-order chi connectivity index (χ1) is 9.85. The SMILES string of the molecule is CCS(=O)(=O)Nc1ccc(NC(=O)C2(C)CCCN2)cc1. The molecule has 0 bridgehead atoms. The predicted molar refractivity (Wildman–Crippen MR) is 83.8 cm³/mol. The molecule has 3 N–H and O–H groups in total. The first-order valence-corrected chi connectivity index (χ1v) is 8.67. The molecule has 1 amide bonds. The van der Waals surface area contributed by atoms with Crippen LogP contribution >= 0.6 is 0 Å². The minimum absolute atomic E-state index is 0.0233. The first-order valence-electron chi connectivity index (χ1n) is 7.02. The third-order valence-corrected chi connectivity index (χ3v) is 4.97. The molecule has 2 rings (SSSR count). The van der Waals surface area contributed by atoms with E-state index in [1.165, 1.54) is 0 Å². The van der Waals surface area contributed by atoms with E-state index in [1.807, 2.05) is 6.92 Å². The molecule has 6 nitrogen and oxygen atoms in total. The van der Waals surface area contributed by atoms with Crippen LogP contribution in [0.5, 0.6) is 0 Å². The number of anilines is 2. The molecule has 0 aromatic heterocycles. The summed E-state index contributed by atoms with van der Waals surface area (Å²) in [5.74, 6) is -0.0444. The Kier molecular flexibility index (Phi) is 4.53. The summed E-state index contributed by atoms with van der Waals surface area (Å²) in [4.78, 5) is 12.2. The molecule has 1 aromatic rings. The molecule has 0 spiro atoms. The van der Waals surface area contributed by atoms with Crippen LogP contribution in [0.15, 0.2) is 24.3 Å². The molecule has 1 aliphatic heterocycles. The van der Waals surface area contributed by atoms with E-state index in [0.29, 0.717) is 11.4 Å². The number of rotatable bonds is 5. The molecule has 1 saturated heterocycles. The molecular weight excluding hydrogens is 290 g/mol. The van der Waals surface area contributed by atoms with Gasteiger partial charge in [0.15, 0.2) is 0 Å². The smallest absolute Gasteiger partial charge is 0.244 e. The van der Waals surface area contributed by atoms with E-state index < -0.39 is 15.6 Å². The maximum absolute atomic E-state index is 12.2. The normalized spacial score (nSPS) is 22.0. The largest absolute Gasteiger partial charge is 0.324 e. The number of benzene rings is 1. The summed E-state index contributed by atoms with van der Waals surface area (Å²) in [6.45, 7) is 4.31. The van der Waals surface area contributed by atoms with Gasteiger partial charge in [0.2, 0.25) is 15.9 Å². The molecule has 1 fully saturated rings. The Labute approximate surface area is 125 Å². The van der Waals surface area contributed by atoms with Crippen molar-refractivity contribution in [1.29, 1.82) is 0 Å². The van der Waals surface area contributed by atoms with Crippen molar-refractivity contribution in [2.45, 2.75) is 32.2 Å². The number of hydrogen-bond acceptors (Lipinski definition) is 4. The fourth-order valence-corrected chi connectivity index (χ4v) is 2.87. The fourth-order valence-electron chi connectivity index (χ4n) is 2.23. The van der Waals surface area contributed by atoms with Gasteiger partial charge >= 0.3 is 0 Å². The quantitative estimate of drug-likeness (QED) is 0.769. The maximum atomic E-state index is 12.2. The van der Waals surface area contributed by atoms with Crippen molar-refractivity contribution in [2.24, 2.45) is 0 Å². The van der Waals surface area contributed by atoms with Crippen LogP contribution in [0, 0.1) is 0 Å². The summed E-state index contributed by atoms with van der Waals surface area (Å²) < 4.78 is 25.4. The second-order valence-electron chi connectivity index (χ2n) is 5.40. The monoisotopic (exact) mass is 311 g/mol. The average molecular weight is 311 g/mol.